The van der Waals surface area contributed by atoms with Crippen LogP contribution in [0.15, 0.2) is 59.5 Å². The van der Waals surface area contributed by atoms with E-state index in [9.17, 15) is 0 Å². The van der Waals surface area contributed by atoms with Crippen LogP contribution in [0.4, 0.5) is 5.69 Å². The predicted octanol–water partition coefficient (Wildman–Crippen LogP) is 5.47. The van der Waals surface area contributed by atoms with Crippen molar-refractivity contribution in [1.29, 1.82) is 0 Å². The first kappa shape index (κ1) is 15.9. The fourth-order valence-electron chi connectivity index (χ4n) is 3.18. The van der Waals surface area contributed by atoms with Gasteiger partial charge in [-0.3, -0.25) is 0 Å². The van der Waals surface area contributed by atoms with E-state index < -0.39 is 0 Å². The van der Waals surface area contributed by atoms with Crippen LogP contribution in [0.5, 0.6) is 0 Å². The molecular formula is C21H23NS. The summed E-state index contributed by atoms with van der Waals surface area (Å²) >= 11 is 4.37. The molecule has 0 atom stereocenters. The van der Waals surface area contributed by atoms with Crippen molar-refractivity contribution >= 4 is 30.0 Å². The Morgan fingerprint density at radius 3 is 2.39 bits per heavy atom. The number of hydrogen-bond acceptors (Lipinski definition) is 2. The van der Waals surface area contributed by atoms with E-state index in [1.807, 2.05) is 12.1 Å². The monoisotopic (exact) mass is 321 g/mol. The molecule has 2 aromatic carbocycles. The molecule has 1 aliphatic rings. The second-order valence-corrected chi connectivity index (χ2v) is 6.46. The van der Waals surface area contributed by atoms with Crippen molar-refractivity contribution in [1.82, 2.24) is 0 Å². The molecule has 0 spiro atoms. The molecular weight excluding hydrogens is 298 g/mol. The van der Waals surface area contributed by atoms with Gasteiger partial charge in [-0.15, -0.1) is 12.6 Å². The van der Waals surface area contributed by atoms with Gasteiger partial charge < -0.3 is 4.90 Å². The van der Waals surface area contributed by atoms with E-state index in [0.717, 1.165) is 24.4 Å². The molecule has 2 aromatic rings. The van der Waals surface area contributed by atoms with E-state index in [-0.39, 0.29) is 0 Å². The zero-order chi connectivity index (χ0) is 16.4. The van der Waals surface area contributed by atoms with Crippen LogP contribution < -0.4 is 4.90 Å². The first-order chi connectivity index (χ1) is 11.1. The van der Waals surface area contributed by atoms with Crippen molar-refractivity contribution in [2.45, 2.75) is 25.2 Å². The van der Waals surface area contributed by atoms with Gasteiger partial charge in [0.15, 0.2) is 0 Å². The summed E-state index contributed by atoms with van der Waals surface area (Å²) in [5, 5.41) is 0. The molecule has 118 valence electrons. The molecule has 0 heterocycles. The van der Waals surface area contributed by atoms with Crippen molar-refractivity contribution < 1.29 is 0 Å². The smallest absolute Gasteiger partial charge is 0.0369 e. The zero-order valence-electron chi connectivity index (χ0n) is 13.8. The number of allylic oxidation sites excluding steroid dienone is 2. The lowest BCUT2D eigenvalue weighted by molar-refractivity contribution is 0.864. The van der Waals surface area contributed by atoms with Crippen LogP contribution in [0, 0.1) is 0 Å². The molecule has 0 fully saturated rings. The van der Waals surface area contributed by atoms with Crippen LogP contribution in [0.1, 0.15) is 30.5 Å². The van der Waals surface area contributed by atoms with Crippen LogP contribution >= 0.6 is 12.6 Å². The van der Waals surface area contributed by atoms with Gasteiger partial charge in [0.1, 0.15) is 0 Å². The van der Waals surface area contributed by atoms with Gasteiger partial charge in [-0.2, -0.15) is 0 Å². The number of fused-ring (bicyclic) bond motifs is 1. The molecule has 0 aromatic heterocycles. The molecule has 0 bridgehead atoms. The summed E-state index contributed by atoms with van der Waals surface area (Å²) in [6, 6.07) is 15.1. The fraction of sp³-hybridized carbons (Fsp3) is 0.238. The van der Waals surface area contributed by atoms with Gasteiger partial charge in [-0.1, -0.05) is 24.8 Å². The molecule has 1 nitrogen and oxygen atoms in total. The Kier molecular flexibility index (Phi) is 4.63. The molecule has 2 heteroatoms. The minimum atomic E-state index is 0.916. The Morgan fingerprint density at radius 1 is 1.04 bits per heavy atom. The molecule has 0 unspecified atom stereocenters. The Hall–Kier alpha value is -1.93. The Morgan fingerprint density at radius 2 is 1.74 bits per heavy atom. The maximum absolute atomic E-state index is 4.37. The molecule has 23 heavy (non-hydrogen) atoms. The normalized spacial score (nSPS) is 13.5. The van der Waals surface area contributed by atoms with Crippen LogP contribution in [-0.2, 0) is 6.42 Å². The third-order valence-electron chi connectivity index (χ3n) is 4.52. The lowest BCUT2D eigenvalue weighted by Gasteiger charge is -2.25. The van der Waals surface area contributed by atoms with Crippen molar-refractivity contribution in [3.63, 3.8) is 0 Å². The lowest BCUT2D eigenvalue weighted by atomic mass is 9.85. The van der Waals surface area contributed by atoms with Crippen LogP contribution in [-0.4, -0.2) is 13.1 Å². The topological polar surface area (TPSA) is 3.24 Å². The second-order valence-electron chi connectivity index (χ2n) is 5.94. The second kappa shape index (κ2) is 6.67. The highest BCUT2D eigenvalue weighted by atomic mass is 32.1. The molecule has 0 N–H and O–H groups in total. The maximum atomic E-state index is 4.37. The predicted molar refractivity (Wildman–Crippen MR) is 104 cm³/mol. The molecule has 0 radical (unpaired) electrons. The van der Waals surface area contributed by atoms with Gasteiger partial charge in [0.25, 0.3) is 0 Å². The summed E-state index contributed by atoms with van der Waals surface area (Å²) in [5.74, 6) is 0. The summed E-state index contributed by atoms with van der Waals surface area (Å²) in [6.07, 6.45) is 3.18. The zero-order valence-corrected chi connectivity index (χ0v) is 14.7. The first-order valence-electron chi connectivity index (χ1n) is 8.19. The molecule has 3 rings (SSSR count). The summed E-state index contributed by atoms with van der Waals surface area (Å²) in [5.41, 5.74) is 7.61. The average molecular weight is 321 g/mol. The van der Waals surface area contributed by atoms with E-state index in [0.29, 0.717) is 0 Å². The third-order valence-corrected chi connectivity index (χ3v) is 4.82. The highest BCUT2D eigenvalue weighted by molar-refractivity contribution is 7.80. The van der Waals surface area contributed by atoms with E-state index in [2.05, 4.69) is 74.4 Å². The quantitative estimate of drug-likeness (QED) is 0.730. The highest BCUT2D eigenvalue weighted by Crippen LogP contribution is 2.35. The van der Waals surface area contributed by atoms with Crippen LogP contribution in [0.2, 0.25) is 0 Å². The largest absolute Gasteiger partial charge is 0.372 e. The van der Waals surface area contributed by atoms with Gasteiger partial charge in [0.05, 0.1) is 0 Å². The van der Waals surface area contributed by atoms with Gasteiger partial charge >= 0.3 is 0 Å². The Bertz CT molecular complexity index is 752. The summed E-state index contributed by atoms with van der Waals surface area (Å²) in [6.45, 7) is 10.8. The average Bonchev–Trinajstić information content (AvgIpc) is 2.56. The fourth-order valence-corrected chi connectivity index (χ4v) is 3.33. The summed E-state index contributed by atoms with van der Waals surface area (Å²) < 4.78 is 0. The van der Waals surface area contributed by atoms with Crippen molar-refractivity contribution in [2.24, 2.45) is 0 Å². The Labute approximate surface area is 144 Å². The van der Waals surface area contributed by atoms with Crippen molar-refractivity contribution in [2.75, 3.05) is 18.0 Å². The number of nitrogens with zero attached hydrogens (tertiary/aromatic N) is 1. The molecule has 0 saturated carbocycles. The minimum Gasteiger partial charge on any atom is -0.372 e. The van der Waals surface area contributed by atoms with E-state index in [1.165, 1.54) is 33.5 Å². The summed E-state index contributed by atoms with van der Waals surface area (Å²) in [4.78, 5) is 3.37. The lowest BCUT2D eigenvalue weighted by Crippen LogP contribution is -2.22. The summed E-state index contributed by atoms with van der Waals surface area (Å²) in [7, 11) is 0. The number of benzene rings is 2. The molecule has 0 amide bonds. The van der Waals surface area contributed by atoms with Crippen molar-refractivity contribution in [3.05, 3.63) is 71.3 Å². The number of thiol groups is 1. The molecule has 0 aliphatic heterocycles. The van der Waals surface area contributed by atoms with Gasteiger partial charge in [-0.25, -0.2) is 0 Å². The van der Waals surface area contributed by atoms with Crippen LogP contribution in [0.25, 0.3) is 11.6 Å². The number of hydrogen-bond donors (Lipinski definition) is 1. The van der Waals surface area contributed by atoms with Gasteiger partial charge in [0.2, 0.25) is 0 Å². The standard InChI is InChI=1S/C21H23NS/c1-4-22(5-2)19-9-6-17-14-21(15(3)12-18(17)13-19)16-7-10-20(23)11-8-16/h6-11,13-14,23H,3-5,12H2,1-2H3. The van der Waals surface area contributed by atoms with E-state index in [1.54, 1.807) is 0 Å². The number of anilines is 1. The third kappa shape index (κ3) is 3.23. The maximum Gasteiger partial charge on any atom is 0.0369 e. The SMILES string of the molecule is C=C1Cc2cc(N(CC)CC)ccc2C=C1c1ccc(S)cc1. The van der Waals surface area contributed by atoms with Crippen molar-refractivity contribution in [3.8, 4) is 0 Å². The molecule has 0 saturated heterocycles. The molecule has 1 aliphatic carbocycles. The minimum absolute atomic E-state index is 0.916. The van der Waals surface area contributed by atoms with Crippen LogP contribution in [0.3, 0.4) is 0 Å². The van der Waals surface area contributed by atoms with E-state index >= 15 is 0 Å². The Balaban J connectivity index is 1.99. The van der Waals surface area contributed by atoms with Gasteiger partial charge in [-0.05, 0) is 78.4 Å². The first-order valence-corrected chi connectivity index (χ1v) is 8.64. The van der Waals surface area contributed by atoms with E-state index in [4.69, 9.17) is 0 Å². The number of rotatable bonds is 4. The highest BCUT2D eigenvalue weighted by Gasteiger charge is 2.16. The van der Waals surface area contributed by atoms with Gasteiger partial charge in [0, 0.05) is 23.7 Å².